The first-order valence-electron chi connectivity index (χ1n) is 9.58. The molecule has 0 aliphatic heterocycles. The third kappa shape index (κ3) is 3.89. The van der Waals surface area contributed by atoms with Gasteiger partial charge in [0.15, 0.2) is 15.7 Å². The number of nitrogens with zero attached hydrogens (tertiary/aromatic N) is 5. The zero-order valence-electron chi connectivity index (χ0n) is 17.1. The maximum atomic E-state index is 12.5. The average molecular weight is 456 g/mol. The second-order valence-electron chi connectivity index (χ2n) is 6.97. The third-order valence-electron chi connectivity index (χ3n) is 4.93. The SMILES string of the molecule is C=CCn1c(-c2sc(NC(=O)CCn3c(=O)n(C)c4ccccc43)nc2C)n[nH]c1=S. The van der Waals surface area contributed by atoms with Crippen molar-refractivity contribution in [1.29, 1.82) is 0 Å². The van der Waals surface area contributed by atoms with E-state index in [0.717, 1.165) is 21.6 Å². The largest absolute Gasteiger partial charge is 0.328 e. The van der Waals surface area contributed by atoms with Crippen molar-refractivity contribution in [2.45, 2.75) is 26.4 Å². The minimum atomic E-state index is -0.218. The molecular formula is C20H21N7O2S2. The molecule has 2 N–H and O–H groups in total. The van der Waals surface area contributed by atoms with Gasteiger partial charge in [0.1, 0.15) is 0 Å². The molecule has 0 fully saturated rings. The molecule has 4 aromatic rings. The molecule has 0 atom stereocenters. The van der Waals surface area contributed by atoms with Crippen molar-refractivity contribution in [3.05, 3.63) is 57.9 Å². The highest BCUT2D eigenvalue weighted by Crippen LogP contribution is 2.31. The van der Waals surface area contributed by atoms with Crippen LogP contribution in [-0.2, 0) is 24.9 Å². The number of anilines is 1. The Bertz CT molecular complexity index is 1400. The second kappa shape index (κ2) is 8.44. The summed E-state index contributed by atoms with van der Waals surface area (Å²) in [6, 6.07) is 7.52. The fourth-order valence-corrected chi connectivity index (χ4v) is 4.61. The smallest absolute Gasteiger partial charge is 0.302 e. The Morgan fingerprint density at radius 1 is 1.32 bits per heavy atom. The fraction of sp³-hybridized carbons (Fsp3) is 0.250. The van der Waals surface area contributed by atoms with E-state index < -0.39 is 0 Å². The summed E-state index contributed by atoms with van der Waals surface area (Å²) in [6.07, 6.45) is 1.89. The van der Waals surface area contributed by atoms with Crippen molar-refractivity contribution in [2.24, 2.45) is 7.05 Å². The predicted octanol–water partition coefficient (Wildman–Crippen LogP) is 3.24. The van der Waals surface area contributed by atoms with Crippen LogP contribution < -0.4 is 11.0 Å². The van der Waals surface area contributed by atoms with Crippen LogP contribution in [-0.4, -0.2) is 34.8 Å². The summed E-state index contributed by atoms with van der Waals surface area (Å²) < 4.78 is 5.51. The number of aromatic nitrogens is 6. The van der Waals surface area contributed by atoms with E-state index in [9.17, 15) is 9.59 Å². The molecule has 0 radical (unpaired) electrons. The minimum Gasteiger partial charge on any atom is -0.302 e. The standard InChI is InChI=1S/C20H21N7O2S2/c1-4-10-27-17(23-24-19(27)30)16-12(2)21-18(31-16)22-15(28)9-11-26-14-8-6-5-7-13(14)25(3)20(26)29/h4-8H,1,9-11H2,2-3H3,(H,24,30)(H,21,22,28). The van der Waals surface area contributed by atoms with Crippen molar-refractivity contribution in [3.8, 4) is 10.7 Å². The van der Waals surface area contributed by atoms with E-state index in [1.54, 1.807) is 22.3 Å². The van der Waals surface area contributed by atoms with E-state index in [-0.39, 0.29) is 24.6 Å². The van der Waals surface area contributed by atoms with Gasteiger partial charge in [-0.15, -0.1) is 6.58 Å². The molecule has 3 aromatic heterocycles. The third-order valence-corrected chi connectivity index (χ3v) is 6.31. The number of amides is 1. The van der Waals surface area contributed by atoms with Gasteiger partial charge in [-0.2, -0.15) is 5.10 Å². The van der Waals surface area contributed by atoms with Gasteiger partial charge >= 0.3 is 5.69 Å². The van der Waals surface area contributed by atoms with Crippen LogP contribution in [0.3, 0.4) is 0 Å². The van der Waals surface area contributed by atoms with E-state index in [4.69, 9.17) is 12.2 Å². The molecule has 4 rings (SSSR count). The average Bonchev–Trinajstić information content (AvgIpc) is 3.36. The number of hydrogen-bond acceptors (Lipinski definition) is 6. The Balaban J connectivity index is 1.50. The lowest BCUT2D eigenvalue weighted by Gasteiger charge is -2.04. The van der Waals surface area contributed by atoms with Crippen molar-refractivity contribution in [1.82, 2.24) is 28.9 Å². The first-order valence-corrected chi connectivity index (χ1v) is 10.8. The molecule has 0 aliphatic rings. The summed E-state index contributed by atoms with van der Waals surface area (Å²) >= 11 is 6.59. The Morgan fingerprint density at radius 3 is 2.81 bits per heavy atom. The number of fused-ring (bicyclic) bond motifs is 1. The summed E-state index contributed by atoms with van der Waals surface area (Å²) in [4.78, 5) is 30.3. The molecule has 0 spiro atoms. The molecule has 160 valence electrons. The molecule has 1 aromatic carbocycles. The van der Waals surface area contributed by atoms with Crippen LogP contribution in [0.25, 0.3) is 21.7 Å². The van der Waals surface area contributed by atoms with Crippen molar-refractivity contribution >= 4 is 45.6 Å². The Labute approximate surface area is 186 Å². The van der Waals surface area contributed by atoms with Gasteiger partial charge in [0.05, 0.1) is 21.6 Å². The van der Waals surface area contributed by atoms with Gasteiger partial charge < -0.3 is 5.32 Å². The summed E-state index contributed by atoms with van der Waals surface area (Å²) in [5, 5.41) is 10.4. The summed E-state index contributed by atoms with van der Waals surface area (Å²) in [6.45, 7) is 6.40. The number of allylic oxidation sites excluding steroid dienone is 1. The van der Waals surface area contributed by atoms with E-state index in [1.807, 2.05) is 35.8 Å². The molecule has 0 saturated heterocycles. The summed E-state index contributed by atoms with van der Waals surface area (Å²) in [5.74, 6) is 0.438. The molecule has 0 bridgehead atoms. The number of nitrogens with one attached hydrogen (secondary N) is 2. The molecule has 3 heterocycles. The number of benzene rings is 1. The highest BCUT2D eigenvalue weighted by atomic mass is 32.1. The zero-order chi connectivity index (χ0) is 22.1. The van der Waals surface area contributed by atoms with Gasteiger partial charge in [-0.3, -0.25) is 23.6 Å². The lowest BCUT2D eigenvalue weighted by atomic mass is 10.3. The molecular weight excluding hydrogens is 434 g/mol. The number of H-pyrrole nitrogens is 1. The first-order chi connectivity index (χ1) is 14.9. The number of rotatable bonds is 7. The molecule has 11 heteroatoms. The topological polar surface area (TPSA) is 103 Å². The van der Waals surface area contributed by atoms with Gasteiger partial charge in [0, 0.05) is 26.6 Å². The lowest BCUT2D eigenvalue weighted by Crippen LogP contribution is -2.24. The van der Waals surface area contributed by atoms with Gasteiger partial charge in [-0.25, -0.2) is 9.78 Å². The van der Waals surface area contributed by atoms with Crippen molar-refractivity contribution in [2.75, 3.05) is 5.32 Å². The molecule has 1 amide bonds. The summed E-state index contributed by atoms with van der Waals surface area (Å²) in [5.41, 5.74) is 2.23. The Kier molecular flexibility index (Phi) is 5.70. The van der Waals surface area contributed by atoms with E-state index >= 15 is 0 Å². The van der Waals surface area contributed by atoms with Gasteiger partial charge in [0.2, 0.25) is 5.91 Å². The zero-order valence-corrected chi connectivity index (χ0v) is 18.7. The maximum absolute atomic E-state index is 12.5. The number of aromatic amines is 1. The van der Waals surface area contributed by atoms with Gasteiger partial charge in [0.25, 0.3) is 0 Å². The first kappa shape index (κ1) is 20.9. The Morgan fingerprint density at radius 2 is 2.06 bits per heavy atom. The fourth-order valence-electron chi connectivity index (χ4n) is 3.42. The number of hydrogen-bond donors (Lipinski definition) is 2. The predicted molar refractivity (Wildman–Crippen MR) is 124 cm³/mol. The highest BCUT2D eigenvalue weighted by Gasteiger charge is 2.18. The van der Waals surface area contributed by atoms with Crippen LogP contribution in [0.5, 0.6) is 0 Å². The van der Waals surface area contributed by atoms with Crippen LogP contribution in [0.15, 0.2) is 41.7 Å². The maximum Gasteiger partial charge on any atom is 0.328 e. The number of carbonyl (C=O) groups is 1. The normalized spacial score (nSPS) is 11.2. The minimum absolute atomic E-state index is 0.147. The van der Waals surface area contributed by atoms with E-state index in [2.05, 4.69) is 27.1 Å². The van der Waals surface area contributed by atoms with Gasteiger partial charge in [-0.05, 0) is 31.3 Å². The number of aryl methyl sites for hydroxylation is 3. The second-order valence-corrected chi connectivity index (χ2v) is 8.35. The number of carbonyl (C=O) groups excluding carboxylic acids is 1. The molecule has 0 unspecified atom stereocenters. The summed E-state index contributed by atoms with van der Waals surface area (Å²) in [7, 11) is 1.73. The van der Waals surface area contributed by atoms with Crippen molar-refractivity contribution in [3.63, 3.8) is 0 Å². The lowest BCUT2D eigenvalue weighted by molar-refractivity contribution is -0.116. The van der Waals surface area contributed by atoms with E-state index in [0.29, 0.717) is 22.3 Å². The number of para-hydroxylation sites is 2. The monoisotopic (exact) mass is 455 g/mol. The van der Waals surface area contributed by atoms with Crippen molar-refractivity contribution < 1.29 is 4.79 Å². The van der Waals surface area contributed by atoms with E-state index in [1.165, 1.54) is 11.3 Å². The Hall–Kier alpha value is -3.31. The quantitative estimate of drug-likeness (QED) is 0.329. The van der Waals surface area contributed by atoms with Crippen LogP contribution in [0, 0.1) is 11.7 Å². The molecule has 0 aliphatic carbocycles. The number of thiazole rings is 1. The molecule has 0 saturated carbocycles. The van der Waals surface area contributed by atoms with Crippen LogP contribution >= 0.6 is 23.6 Å². The van der Waals surface area contributed by atoms with Crippen LogP contribution in [0.4, 0.5) is 5.13 Å². The van der Waals surface area contributed by atoms with Crippen LogP contribution in [0.1, 0.15) is 12.1 Å². The highest BCUT2D eigenvalue weighted by molar-refractivity contribution is 7.71. The molecule has 9 nitrogen and oxygen atoms in total. The molecule has 31 heavy (non-hydrogen) atoms. The van der Waals surface area contributed by atoms with Gasteiger partial charge in [-0.1, -0.05) is 29.5 Å². The van der Waals surface area contributed by atoms with Crippen LogP contribution in [0.2, 0.25) is 0 Å². The number of imidazole rings is 1.